The Morgan fingerprint density at radius 1 is 1.15 bits per heavy atom. The highest BCUT2D eigenvalue weighted by molar-refractivity contribution is 7.99. The van der Waals surface area contributed by atoms with Gasteiger partial charge in [0, 0.05) is 21.2 Å². The van der Waals surface area contributed by atoms with Crippen molar-refractivity contribution in [2.24, 2.45) is 0 Å². The van der Waals surface area contributed by atoms with Gasteiger partial charge >= 0.3 is 0 Å². The van der Waals surface area contributed by atoms with E-state index in [-0.39, 0.29) is 12.8 Å². The van der Waals surface area contributed by atoms with Crippen LogP contribution < -0.4 is 24.0 Å². The molecular formula is C27H24ClN2O3S+. The van der Waals surface area contributed by atoms with Crippen LogP contribution in [-0.4, -0.2) is 34.0 Å². The number of ether oxygens (including phenoxy) is 3. The lowest BCUT2D eigenvalue weighted by atomic mass is 9.91. The predicted molar refractivity (Wildman–Crippen MR) is 134 cm³/mol. The SMILES string of the molecule is COc1c2c(cc3c1[C@H](C#CCN1c4ccccc4Sc4ccc(Cl)cc41)[NH+](C)CC3)OCO2. The number of halogens is 1. The van der Waals surface area contributed by atoms with Gasteiger partial charge in [0.25, 0.3) is 0 Å². The highest BCUT2D eigenvalue weighted by Gasteiger charge is 2.35. The second-order valence-corrected chi connectivity index (χ2v) is 10.1. The Hall–Kier alpha value is -2.98. The van der Waals surface area contributed by atoms with Crippen LogP contribution in [0.3, 0.4) is 0 Å². The van der Waals surface area contributed by atoms with Crippen molar-refractivity contribution in [3.05, 3.63) is 64.7 Å². The van der Waals surface area contributed by atoms with Crippen molar-refractivity contribution in [1.82, 2.24) is 0 Å². The van der Waals surface area contributed by atoms with Crippen molar-refractivity contribution < 1.29 is 19.1 Å². The molecular weight excluding hydrogens is 468 g/mol. The van der Waals surface area contributed by atoms with E-state index in [0.717, 1.165) is 46.4 Å². The molecule has 1 unspecified atom stereocenters. The number of fused-ring (bicyclic) bond motifs is 4. The zero-order chi connectivity index (χ0) is 23.2. The summed E-state index contributed by atoms with van der Waals surface area (Å²) in [5, 5.41) is 0.725. The van der Waals surface area contributed by atoms with Gasteiger partial charge in [0.05, 0.1) is 44.2 Å². The van der Waals surface area contributed by atoms with Crippen molar-refractivity contribution in [2.45, 2.75) is 22.3 Å². The molecule has 0 radical (unpaired) electrons. The molecule has 7 heteroatoms. The minimum absolute atomic E-state index is 0.0126. The van der Waals surface area contributed by atoms with Crippen molar-refractivity contribution in [3.63, 3.8) is 0 Å². The molecule has 3 aromatic rings. The third kappa shape index (κ3) is 3.56. The fourth-order valence-electron chi connectivity index (χ4n) is 4.92. The van der Waals surface area contributed by atoms with E-state index in [1.165, 1.54) is 20.3 Å². The van der Waals surface area contributed by atoms with Crippen LogP contribution in [0, 0.1) is 11.8 Å². The minimum Gasteiger partial charge on any atom is -0.492 e. The largest absolute Gasteiger partial charge is 0.492 e. The van der Waals surface area contributed by atoms with Crippen LogP contribution in [0.4, 0.5) is 11.4 Å². The number of rotatable bonds is 2. The van der Waals surface area contributed by atoms with E-state index in [0.29, 0.717) is 12.3 Å². The standard InChI is InChI=1S/C27H23ClN2O3S/c1-29-13-11-17-14-22-26(33-16-32-22)27(31-2)25(17)20(29)7-5-12-30-19-6-3-4-8-23(19)34-24-10-9-18(28)15-21(24)30/h3-4,6,8-10,14-15,20H,11-13,16H2,1-2H3/p+1/t20-/m0/s1. The quantitative estimate of drug-likeness (QED) is 0.534. The van der Waals surface area contributed by atoms with Crippen LogP contribution in [0.1, 0.15) is 17.2 Å². The molecule has 172 valence electrons. The van der Waals surface area contributed by atoms with Crippen molar-refractivity contribution in [1.29, 1.82) is 0 Å². The Labute approximate surface area is 208 Å². The van der Waals surface area contributed by atoms with Gasteiger partial charge in [-0.05, 0) is 47.9 Å². The van der Waals surface area contributed by atoms with Gasteiger partial charge in [-0.2, -0.15) is 0 Å². The van der Waals surface area contributed by atoms with Crippen LogP contribution in [0.25, 0.3) is 0 Å². The molecule has 3 aliphatic heterocycles. The second kappa shape index (κ2) is 8.66. The highest BCUT2D eigenvalue weighted by Crippen LogP contribution is 2.49. The fourth-order valence-corrected chi connectivity index (χ4v) is 6.16. The average Bonchev–Trinajstić information content (AvgIpc) is 3.32. The molecule has 3 aromatic carbocycles. The van der Waals surface area contributed by atoms with Gasteiger partial charge in [-0.3, -0.25) is 0 Å². The molecule has 3 heterocycles. The lowest BCUT2D eigenvalue weighted by Crippen LogP contribution is -3.10. The summed E-state index contributed by atoms with van der Waals surface area (Å²) < 4.78 is 17.2. The molecule has 0 saturated carbocycles. The van der Waals surface area contributed by atoms with Crippen LogP contribution in [0.15, 0.2) is 58.3 Å². The molecule has 34 heavy (non-hydrogen) atoms. The minimum atomic E-state index is -0.0126. The molecule has 3 aliphatic rings. The zero-order valence-electron chi connectivity index (χ0n) is 19.0. The number of para-hydroxylation sites is 1. The van der Waals surface area contributed by atoms with Crippen LogP contribution >= 0.6 is 23.4 Å². The molecule has 0 saturated heterocycles. The first-order valence-corrected chi connectivity index (χ1v) is 12.5. The summed E-state index contributed by atoms with van der Waals surface area (Å²) in [6, 6.07) is 16.6. The summed E-state index contributed by atoms with van der Waals surface area (Å²) in [6.07, 6.45) is 0.953. The number of anilines is 2. The van der Waals surface area contributed by atoms with Gasteiger partial charge < -0.3 is 24.0 Å². The number of nitrogens with zero attached hydrogens (tertiary/aromatic N) is 1. The lowest BCUT2D eigenvalue weighted by molar-refractivity contribution is -0.905. The Balaban J connectivity index is 1.38. The molecule has 0 amide bonds. The maximum atomic E-state index is 6.37. The molecule has 6 rings (SSSR count). The van der Waals surface area contributed by atoms with Gasteiger partial charge in [0.2, 0.25) is 12.5 Å². The third-order valence-electron chi connectivity index (χ3n) is 6.59. The number of quaternary nitrogens is 1. The molecule has 0 bridgehead atoms. The molecule has 0 aliphatic carbocycles. The summed E-state index contributed by atoms with van der Waals surface area (Å²) in [4.78, 5) is 6.01. The fraction of sp³-hybridized carbons (Fsp3) is 0.259. The van der Waals surface area contributed by atoms with Gasteiger partial charge in [-0.15, -0.1) is 0 Å². The predicted octanol–water partition coefficient (Wildman–Crippen LogP) is 4.50. The van der Waals surface area contributed by atoms with E-state index in [9.17, 15) is 0 Å². The Morgan fingerprint density at radius 3 is 2.88 bits per heavy atom. The van der Waals surface area contributed by atoms with Crippen LogP contribution in [-0.2, 0) is 6.42 Å². The second-order valence-electron chi connectivity index (χ2n) is 8.58. The monoisotopic (exact) mass is 491 g/mol. The van der Waals surface area contributed by atoms with E-state index in [1.54, 1.807) is 18.9 Å². The summed E-state index contributed by atoms with van der Waals surface area (Å²) in [7, 11) is 3.88. The Kier molecular flexibility index (Phi) is 5.49. The van der Waals surface area contributed by atoms with E-state index >= 15 is 0 Å². The normalized spacial score (nSPS) is 19.4. The highest BCUT2D eigenvalue weighted by atomic mass is 35.5. The number of methoxy groups -OCH3 is 1. The smallest absolute Gasteiger partial charge is 0.231 e. The average molecular weight is 492 g/mol. The topological polar surface area (TPSA) is 35.4 Å². The Morgan fingerprint density at radius 2 is 2.00 bits per heavy atom. The number of hydrogen-bond donors (Lipinski definition) is 1. The third-order valence-corrected chi connectivity index (χ3v) is 7.95. The van der Waals surface area contributed by atoms with Gasteiger partial charge in [0.1, 0.15) is 0 Å². The molecule has 5 nitrogen and oxygen atoms in total. The first-order chi connectivity index (χ1) is 16.6. The first-order valence-electron chi connectivity index (χ1n) is 11.3. The zero-order valence-corrected chi connectivity index (χ0v) is 20.6. The number of nitrogens with one attached hydrogen (secondary N) is 1. The molecule has 2 atom stereocenters. The van der Waals surface area contributed by atoms with Gasteiger partial charge in [-0.1, -0.05) is 41.4 Å². The van der Waals surface area contributed by atoms with Crippen molar-refractivity contribution in [3.8, 4) is 29.1 Å². The summed E-state index contributed by atoms with van der Waals surface area (Å²) >= 11 is 8.14. The molecule has 0 fully saturated rings. The van der Waals surface area contributed by atoms with E-state index < -0.39 is 0 Å². The summed E-state index contributed by atoms with van der Waals surface area (Å²) in [5.41, 5.74) is 4.59. The Bertz CT molecular complexity index is 1350. The summed E-state index contributed by atoms with van der Waals surface area (Å²) in [5.74, 6) is 9.26. The number of hydrogen-bond acceptors (Lipinski definition) is 5. The lowest BCUT2D eigenvalue weighted by Gasteiger charge is -2.32. The number of benzene rings is 3. The summed E-state index contributed by atoms with van der Waals surface area (Å²) in [6.45, 7) is 1.79. The first kappa shape index (κ1) is 21.5. The molecule has 1 N–H and O–H groups in total. The van der Waals surface area contributed by atoms with E-state index in [2.05, 4.69) is 60.2 Å². The molecule has 0 spiro atoms. The van der Waals surface area contributed by atoms with Crippen LogP contribution in [0.2, 0.25) is 5.02 Å². The van der Waals surface area contributed by atoms with Crippen molar-refractivity contribution >= 4 is 34.7 Å². The molecule has 0 aromatic heterocycles. The van der Waals surface area contributed by atoms with Gasteiger partial charge in [0.15, 0.2) is 17.5 Å². The maximum Gasteiger partial charge on any atom is 0.231 e. The van der Waals surface area contributed by atoms with Gasteiger partial charge in [-0.25, -0.2) is 0 Å². The van der Waals surface area contributed by atoms with Crippen molar-refractivity contribution in [2.75, 3.05) is 38.9 Å². The van der Waals surface area contributed by atoms with Crippen LogP contribution in [0.5, 0.6) is 17.2 Å². The number of likely N-dealkylation sites (N-methyl/N-ethyl adjacent to an activating group) is 1. The van der Waals surface area contributed by atoms with E-state index in [1.807, 2.05) is 12.1 Å². The van der Waals surface area contributed by atoms with E-state index in [4.69, 9.17) is 25.8 Å². The maximum absolute atomic E-state index is 6.37.